The molecule has 6 nitrogen and oxygen atoms in total. The van der Waals surface area contributed by atoms with Gasteiger partial charge >= 0.3 is 0 Å². The number of hydrogen-bond acceptors (Lipinski definition) is 5. The Kier molecular flexibility index (Phi) is 3.41. The van der Waals surface area contributed by atoms with Crippen LogP contribution in [-0.4, -0.2) is 52.9 Å². The molecule has 21 heavy (non-hydrogen) atoms. The highest BCUT2D eigenvalue weighted by atomic mass is 32.1. The lowest BCUT2D eigenvalue weighted by atomic mass is 9.97. The zero-order chi connectivity index (χ0) is 15.2. The predicted octanol–water partition coefficient (Wildman–Crippen LogP) is 1.17. The molecule has 1 aliphatic heterocycles. The number of aromatic nitrogens is 2. The van der Waals surface area contributed by atoms with Crippen molar-refractivity contribution in [3.05, 3.63) is 17.3 Å². The number of hydrogen-bond donors (Lipinski definition) is 1. The monoisotopic (exact) mass is 307 g/mol. The second-order valence-electron chi connectivity index (χ2n) is 5.91. The molecule has 1 saturated heterocycles. The SMILES string of the molecule is CNCc1c(N2CCN(C)C(=O)C2(C)C)nc2sccn12. The molecule has 0 atom stereocenters. The third-order valence-corrected chi connectivity index (χ3v) is 4.90. The molecular formula is C14H21N5OS. The number of piperazine rings is 1. The maximum absolute atomic E-state index is 12.5. The van der Waals surface area contributed by atoms with Gasteiger partial charge in [-0.25, -0.2) is 4.98 Å². The van der Waals surface area contributed by atoms with Crippen LogP contribution in [0.4, 0.5) is 5.82 Å². The van der Waals surface area contributed by atoms with Crippen LogP contribution in [0, 0.1) is 0 Å². The number of fused-ring (bicyclic) bond motifs is 1. The molecule has 1 N–H and O–H groups in total. The first-order chi connectivity index (χ1) is 9.96. The Hall–Kier alpha value is -1.60. The fourth-order valence-corrected chi connectivity index (χ4v) is 3.68. The minimum absolute atomic E-state index is 0.139. The zero-order valence-corrected chi connectivity index (χ0v) is 13.7. The average Bonchev–Trinajstić information content (AvgIpc) is 3.00. The lowest BCUT2D eigenvalue weighted by Gasteiger charge is -2.45. The lowest BCUT2D eigenvalue weighted by Crippen LogP contribution is -2.62. The zero-order valence-electron chi connectivity index (χ0n) is 12.9. The molecule has 0 unspecified atom stereocenters. The number of thiazole rings is 1. The van der Waals surface area contributed by atoms with Crippen LogP contribution >= 0.6 is 11.3 Å². The van der Waals surface area contributed by atoms with E-state index < -0.39 is 5.54 Å². The van der Waals surface area contributed by atoms with E-state index >= 15 is 0 Å². The van der Waals surface area contributed by atoms with Crippen molar-refractivity contribution >= 4 is 28.0 Å². The Bertz CT molecular complexity index is 674. The number of rotatable bonds is 3. The van der Waals surface area contributed by atoms with Gasteiger partial charge in [0.2, 0.25) is 5.91 Å². The van der Waals surface area contributed by atoms with Crippen LogP contribution in [0.5, 0.6) is 0 Å². The maximum Gasteiger partial charge on any atom is 0.247 e. The summed E-state index contributed by atoms with van der Waals surface area (Å²) in [5, 5.41) is 5.23. The largest absolute Gasteiger partial charge is 0.342 e. The van der Waals surface area contributed by atoms with Crippen LogP contribution in [0.25, 0.3) is 4.96 Å². The third-order valence-electron chi connectivity index (χ3n) is 4.14. The highest BCUT2D eigenvalue weighted by Crippen LogP contribution is 2.32. The van der Waals surface area contributed by atoms with Crippen LogP contribution in [0.1, 0.15) is 19.5 Å². The Morgan fingerprint density at radius 3 is 2.90 bits per heavy atom. The first-order valence-corrected chi connectivity index (χ1v) is 7.97. The van der Waals surface area contributed by atoms with Gasteiger partial charge in [-0.05, 0) is 20.9 Å². The van der Waals surface area contributed by atoms with Crippen LogP contribution in [0.2, 0.25) is 0 Å². The normalized spacial score (nSPS) is 18.8. The molecule has 0 spiro atoms. The van der Waals surface area contributed by atoms with Gasteiger partial charge in [0.15, 0.2) is 10.8 Å². The lowest BCUT2D eigenvalue weighted by molar-refractivity contribution is -0.136. The van der Waals surface area contributed by atoms with Gasteiger partial charge in [-0.2, -0.15) is 0 Å². The molecule has 0 bridgehead atoms. The molecule has 0 aliphatic carbocycles. The van der Waals surface area contributed by atoms with Gasteiger partial charge in [0, 0.05) is 38.3 Å². The van der Waals surface area contributed by atoms with Crippen LogP contribution < -0.4 is 10.2 Å². The van der Waals surface area contributed by atoms with Crippen molar-refractivity contribution in [1.29, 1.82) is 0 Å². The number of nitrogens with one attached hydrogen (secondary N) is 1. The first-order valence-electron chi connectivity index (χ1n) is 7.09. The molecule has 1 amide bonds. The highest BCUT2D eigenvalue weighted by molar-refractivity contribution is 7.15. The fraction of sp³-hybridized carbons (Fsp3) is 0.571. The predicted molar refractivity (Wildman–Crippen MR) is 84.9 cm³/mol. The number of likely N-dealkylation sites (N-methyl/N-ethyl adjacent to an activating group) is 1. The van der Waals surface area contributed by atoms with Gasteiger partial charge < -0.3 is 15.1 Å². The van der Waals surface area contributed by atoms with Gasteiger partial charge in [0.25, 0.3) is 0 Å². The first kappa shape index (κ1) is 14.3. The van der Waals surface area contributed by atoms with Crippen molar-refractivity contribution in [1.82, 2.24) is 19.6 Å². The Morgan fingerprint density at radius 1 is 1.43 bits per heavy atom. The van der Waals surface area contributed by atoms with E-state index in [9.17, 15) is 4.79 Å². The molecule has 2 aromatic rings. The van der Waals surface area contributed by atoms with Gasteiger partial charge in [-0.15, -0.1) is 11.3 Å². The topological polar surface area (TPSA) is 52.9 Å². The van der Waals surface area contributed by atoms with E-state index in [4.69, 9.17) is 4.98 Å². The highest BCUT2D eigenvalue weighted by Gasteiger charge is 2.42. The third kappa shape index (κ3) is 2.11. The molecule has 7 heteroatoms. The molecular weight excluding hydrogens is 286 g/mol. The molecule has 2 aromatic heterocycles. The molecule has 0 aromatic carbocycles. The van der Waals surface area contributed by atoms with E-state index in [1.54, 1.807) is 16.2 Å². The molecule has 114 valence electrons. The Morgan fingerprint density at radius 2 is 2.19 bits per heavy atom. The second kappa shape index (κ2) is 4.99. The summed E-state index contributed by atoms with van der Waals surface area (Å²) in [5.74, 6) is 1.06. The van der Waals surface area contributed by atoms with Crippen molar-refractivity contribution < 1.29 is 4.79 Å². The number of carbonyl (C=O) groups excluding carboxylic acids is 1. The number of nitrogens with zero attached hydrogens (tertiary/aromatic N) is 4. The number of amides is 1. The average molecular weight is 307 g/mol. The van der Waals surface area contributed by atoms with Gasteiger partial charge in [0.1, 0.15) is 5.54 Å². The van der Waals surface area contributed by atoms with Gasteiger partial charge in [0.05, 0.1) is 5.69 Å². The summed E-state index contributed by atoms with van der Waals surface area (Å²) in [6.07, 6.45) is 2.04. The summed E-state index contributed by atoms with van der Waals surface area (Å²) in [5.41, 5.74) is 0.540. The Labute approximate surface area is 128 Å². The van der Waals surface area contributed by atoms with Crippen LogP contribution in [0.3, 0.4) is 0 Å². The standard InChI is InChI=1S/C14H21N5OS/c1-14(2)12(20)17(4)5-6-19(14)11-10(9-15-3)18-7-8-21-13(18)16-11/h7-8,15H,5-6,9H2,1-4H3. The summed E-state index contributed by atoms with van der Waals surface area (Å²) >= 11 is 1.62. The Balaban J connectivity index is 2.09. The minimum Gasteiger partial charge on any atom is -0.342 e. The van der Waals surface area contributed by atoms with Gasteiger partial charge in [-0.3, -0.25) is 9.20 Å². The number of anilines is 1. The summed E-state index contributed by atoms with van der Waals surface area (Å²) in [6, 6.07) is 0. The van der Waals surface area contributed by atoms with Crippen molar-refractivity contribution in [3.8, 4) is 0 Å². The second-order valence-corrected chi connectivity index (χ2v) is 6.78. The van der Waals surface area contributed by atoms with Crippen molar-refractivity contribution in [2.45, 2.75) is 25.9 Å². The van der Waals surface area contributed by atoms with Crippen molar-refractivity contribution in [2.75, 3.05) is 32.1 Å². The summed E-state index contributed by atoms with van der Waals surface area (Å²) < 4.78 is 2.11. The fourth-order valence-electron chi connectivity index (χ4n) is 2.95. The number of imidazole rings is 1. The summed E-state index contributed by atoms with van der Waals surface area (Å²) in [7, 11) is 3.79. The smallest absolute Gasteiger partial charge is 0.247 e. The minimum atomic E-state index is -0.570. The van der Waals surface area contributed by atoms with Crippen molar-refractivity contribution in [2.24, 2.45) is 0 Å². The van der Waals surface area contributed by atoms with Gasteiger partial charge in [-0.1, -0.05) is 0 Å². The molecule has 3 heterocycles. The summed E-state index contributed by atoms with van der Waals surface area (Å²) in [4.78, 5) is 22.2. The van der Waals surface area contributed by atoms with E-state index in [0.29, 0.717) is 0 Å². The van der Waals surface area contributed by atoms with E-state index in [2.05, 4.69) is 14.6 Å². The molecule has 1 fully saturated rings. The van der Waals surface area contributed by atoms with E-state index in [-0.39, 0.29) is 5.91 Å². The molecule has 1 aliphatic rings. The van der Waals surface area contributed by atoms with Crippen LogP contribution in [0.15, 0.2) is 11.6 Å². The molecule has 0 saturated carbocycles. The molecule has 3 rings (SSSR count). The quantitative estimate of drug-likeness (QED) is 0.925. The van der Waals surface area contributed by atoms with Crippen LogP contribution in [-0.2, 0) is 11.3 Å². The van der Waals surface area contributed by atoms with E-state index in [1.807, 2.05) is 39.5 Å². The maximum atomic E-state index is 12.5. The van der Waals surface area contributed by atoms with E-state index in [1.165, 1.54) is 0 Å². The van der Waals surface area contributed by atoms with Crippen molar-refractivity contribution in [3.63, 3.8) is 0 Å². The molecule has 0 radical (unpaired) electrons. The number of carbonyl (C=O) groups is 1. The summed E-state index contributed by atoms with van der Waals surface area (Å²) in [6.45, 7) is 6.20. The van der Waals surface area contributed by atoms with E-state index in [0.717, 1.165) is 36.1 Å².